The second-order valence-electron chi connectivity index (χ2n) is 13.2. The first-order chi connectivity index (χ1) is 22.0. The number of aliphatic hydroxyl groups excluding tert-OH is 3. The number of Topliss-reactive ketones (excluding diaryl/α,β-unsaturated/α-hetero) is 1. The number of aliphatic hydroxyl groups is 4. The summed E-state index contributed by atoms with van der Waals surface area (Å²) < 4.78 is 22.4. The van der Waals surface area contributed by atoms with E-state index in [4.69, 9.17) is 4.74 Å². The van der Waals surface area contributed by atoms with Crippen molar-refractivity contribution in [2.45, 2.75) is 75.7 Å². The Balaban J connectivity index is 1.29. The lowest BCUT2D eigenvalue weighted by molar-refractivity contribution is -0.763. The number of nitrogens with zero attached hydrogens (tertiary/aromatic N) is 1. The first-order valence-corrected chi connectivity index (χ1v) is 15.2. The van der Waals surface area contributed by atoms with E-state index in [0.717, 1.165) is 0 Å². The maximum absolute atomic E-state index is 17.3. The Morgan fingerprint density at radius 3 is 2.60 bits per heavy atom. The second kappa shape index (κ2) is 12.2. The molecule has 1 aromatic carbocycles. The van der Waals surface area contributed by atoms with Gasteiger partial charge < -0.3 is 35.3 Å². The summed E-state index contributed by atoms with van der Waals surface area (Å²) in [7, 11) is 0. The molecular weight excluding hydrogens is 623 g/mol. The zero-order valence-corrected chi connectivity index (χ0v) is 25.8. The van der Waals surface area contributed by atoms with Gasteiger partial charge in [-0.25, -0.2) is 9.18 Å². The van der Waals surface area contributed by atoms with Crippen molar-refractivity contribution in [1.82, 2.24) is 5.32 Å². The van der Waals surface area contributed by atoms with Crippen LogP contribution in [0, 0.1) is 32.8 Å². The van der Waals surface area contributed by atoms with Crippen LogP contribution in [0.15, 0.2) is 48.1 Å². The molecule has 5 N–H and O–H groups in total. The number of halogens is 1. The van der Waals surface area contributed by atoms with E-state index in [-0.39, 0.29) is 29.8 Å². The van der Waals surface area contributed by atoms with Gasteiger partial charge in [0.2, 0.25) is 5.78 Å². The highest BCUT2D eigenvalue weighted by Crippen LogP contribution is 2.69. The van der Waals surface area contributed by atoms with Crippen molar-refractivity contribution < 1.29 is 58.7 Å². The number of benzene rings is 1. The van der Waals surface area contributed by atoms with Crippen LogP contribution < -0.4 is 5.32 Å². The Bertz CT molecular complexity index is 1560. The normalized spacial score (nSPS) is 36.2. The number of amides is 1. The fourth-order valence-electron chi connectivity index (χ4n) is 8.43. The molecule has 0 radical (unpaired) electrons. The third-order valence-corrected chi connectivity index (χ3v) is 10.9. The third-order valence-electron chi connectivity index (χ3n) is 10.9. The summed E-state index contributed by atoms with van der Waals surface area (Å²) in [6.07, 6.45) is 0.681. The van der Waals surface area contributed by atoms with Crippen molar-refractivity contribution in [2.75, 3.05) is 13.2 Å². The number of esters is 1. The monoisotopic (exact) mass is 660 g/mol. The largest absolute Gasteiger partial charge is 0.456 e. The number of ketones is 2. The Morgan fingerprint density at radius 1 is 1.19 bits per heavy atom. The minimum absolute atomic E-state index is 0.0200. The Morgan fingerprint density at radius 2 is 1.91 bits per heavy atom. The lowest BCUT2D eigenvalue weighted by Gasteiger charge is -2.62. The fourth-order valence-corrected chi connectivity index (χ4v) is 8.43. The minimum atomic E-state index is -2.54. The van der Waals surface area contributed by atoms with Crippen LogP contribution in [0.25, 0.3) is 0 Å². The molecule has 0 aliphatic heterocycles. The molecule has 0 spiro atoms. The van der Waals surface area contributed by atoms with Crippen molar-refractivity contribution in [3.8, 4) is 0 Å². The number of allylic oxidation sites excluding steroid dienone is 4. The highest BCUT2D eigenvalue weighted by molar-refractivity contribution is 6.01. The van der Waals surface area contributed by atoms with Gasteiger partial charge in [-0.1, -0.05) is 30.7 Å². The minimum Gasteiger partial charge on any atom is -0.456 e. The van der Waals surface area contributed by atoms with Crippen molar-refractivity contribution in [2.24, 2.45) is 22.7 Å². The molecule has 3 saturated carbocycles. The topological polar surface area (TPSA) is 223 Å². The Kier molecular flexibility index (Phi) is 8.90. The second-order valence-corrected chi connectivity index (χ2v) is 13.2. The summed E-state index contributed by atoms with van der Waals surface area (Å²) in [5, 5.41) is 55.8. The predicted molar refractivity (Wildman–Crippen MR) is 157 cm³/mol. The van der Waals surface area contributed by atoms with Crippen molar-refractivity contribution >= 4 is 23.4 Å². The van der Waals surface area contributed by atoms with Gasteiger partial charge in [0.25, 0.3) is 11.0 Å². The number of hydrogen-bond donors (Lipinski definition) is 5. The third kappa shape index (κ3) is 5.34. The molecule has 4 aliphatic carbocycles. The maximum Gasteiger partial charge on any atom is 0.331 e. The lowest BCUT2D eigenvalue weighted by atomic mass is 9.44. The molecule has 1 aromatic rings. The number of nitrogens with one attached hydrogen (secondary N) is 1. The molecule has 3 unspecified atom stereocenters. The molecule has 0 bridgehead atoms. The quantitative estimate of drug-likeness (QED) is 0.133. The molecular formula is C32H37FN2O12. The SMILES string of the molecule is C[C@]12C=CC(=O)C=C1CCC1C3C[C@@H](O)[C@](O)(C(=O)COC(=O)C(CO)NC(=O)c4cccc(CO[N+](=O)[O-])c4)[C@@]3(C)C[C@H](O)[C@@]12F. The lowest BCUT2D eigenvalue weighted by Crippen LogP contribution is -2.69. The molecule has 254 valence electrons. The van der Waals surface area contributed by atoms with Gasteiger partial charge in [-0.15, -0.1) is 10.1 Å². The van der Waals surface area contributed by atoms with Crippen LogP contribution in [0.5, 0.6) is 0 Å². The van der Waals surface area contributed by atoms with Crippen molar-refractivity contribution in [3.05, 3.63) is 69.3 Å². The van der Waals surface area contributed by atoms with Crippen LogP contribution >= 0.6 is 0 Å². The molecule has 15 heteroatoms. The summed E-state index contributed by atoms with van der Waals surface area (Å²) in [5.41, 5.74) is -6.84. The average molecular weight is 661 g/mol. The summed E-state index contributed by atoms with van der Waals surface area (Å²) in [5.74, 6) is -5.13. The highest BCUT2D eigenvalue weighted by atomic mass is 19.1. The average Bonchev–Trinajstić information content (AvgIpc) is 3.23. The highest BCUT2D eigenvalue weighted by Gasteiger charge is 2.76. The number of fused-ring (bicyclic) bond motifs is 5. The van der Waals surface area contributed by atoms with Gasteiger partial charge in [0.15, 0.2) is 29.7 Å². The Labute approximate surface area is 268 Å². The van der Waals surface area contributed by atoms with E-state index in [1.54, 1.807) is 6.92 Å². The van der Waals surface area contributed by atoms with Gasteiger partial charge in [0.1, 0.15) is 6.61 Å². The van der Waals surface area contributed by atoms with Crippen molar-refractivity contribution in [1.29, 1.82) is 0 Å². The molecule has 0 aromatic heterocycles. The van der Waals surface area contributed by atoms with Gasteiger partial charge in [-0.3, -0.25) is 14.4 Å². The number of alkyl halides is 1. The van der Waals surface area contributed by atoms with Crippen LogP contribution in [-0.4, -0.2) is 91.7 Å². The molecule has 0 heterocycles. The zero-order chi connectivity index (χ0) is 34.5. The molecule has 14 nitrogen and oxygen atoms in total. The molecule has 47 heavy (non-hydrogen) atoms. The smallest absolute Gasteiger partial charge is 0.331 e. The molecule has 1 amide bonds. The van der Waals surface area contributed by atoms with Crippen LogP contribution in [0.3, 0.4) is 0 Å². The molecule has 0 saturated heterocycles. The molecule has 4 aliphatic rings. The molecule has 9 atom stereocenters. The van der Waals surface area contributed by atoms with E-state index < -0.39 is 101 Å². The van der Waals surface area contributed by atoms with Crippen molar-refractivity contribution in [3.63, 3.8) is 0 Å². The summed E-state index contributed by atoms with van der Waals surface area (Å²) >= 11 is 0. The number of rotatable bonds is 10. The van der Waals surface area contributed by atoms with Crippen LogP contribution in [0.2, 0.25) is 0 Å². The zero-order valence-electron chi connectivity index (χ0n) is 25.8. The first-order valence-electron chi connectivity index (χ1n) is 15.2. The molecule has 5 rings (SSSR count). The van der Waals surface area contributed by atoms with Gasteiger partial charge in [-0.2, -0.15) is 0 Å². The summed E-state index contributed by atoms with van der Waals surface area (Å²) in [6, 6.07) is 3.86. The number of ether oxygens (including phenoxy) is 1. The van der Waals surface area contributed by atoms with E-state index in [1.165, 1.54) is 49.4 Å². The summed E-state index contributed by atoms with van der Waals surface area (Å²) in [6.45, 7) is 0.671. The van der Waals surface area contributed by atoms with E-state index in [1.807, 2.05) is 0 Å². The number of hydrogen-bond acceptors (Lipinski definition) is 12. The van der Waals surface area contributed by atoms with E-state index in [2.05, 4.69) is 10.2 Å². The Hall–Kier alpha value is -4.05. The predicted octanol–water partition coefficient (Wildman–Crippen LogP) is 0.671. The van der Waals surface area contributed by atoms with Gasteiger partial charge in [0.05, 0.1) is 18.8 Å². The van der Waals surface area contributed by atoms with Gasteiger partial charge in [-0.05, 0) is 68.4 Å². The van der Waals surface area contributed by atoms with Crippen LogP contribution in [0.1, 0.15) is 55.5 Å². The maximum atomic E-state index is 17.3. The van der Waals surface area contributed by atoms with Gasteiger partial charge >= 0.3 is 5.97 Å². The van der Waals surface area contributed by atoms with Crippen LogP contribution in [0.4, 0.5) is 4.39 Å². The van der Waals surface area contributed by atoms with Crippen LogP contribution in [-0.2, 0) is 30.6 Å². The number of carbonyl (C=O) groups is 4. The number of carbonyl (C=O) groups excluding carboxylic acids is 4. The van der Waals surface area contributed by atoms with E-state index >= 15 is 4.39 Å². The fraction of sp³-hybridized carbons (Fsp3) is 0.562. The molecule has 3 fully saturated rings. The summed E-state index contributed by atoms with van der Waals surface area (Å²) in [4.78, 5) is 65.9. The van der Waals surface area contributed by atoms with E-state index in [0.29, 0.717) is 12.0 Å². The first kappa shape index (κ1) is 34.3. The van der Waals surface area contributed by atoms with Gasteiger partial charge in [0, 0.05) is 22.3 Å². The standard InChI is InChI=1S/C32H37FN2O12/c1-29-9-8-20(37)11-19(29)6-7-21-22-12-24(38)32(43,30(22,2)13-25(39)31(21,29)33)26(40)16-46-28(42)23(14-36)34-27(41)18-5-3-4-17(10-18)15-47-35(44)45/h3-5,8-11,21-25,36,38-39,43H,6-7,12-16H2,1-2H3,(H,34,41)/t21?,22?,23?,24-,25+,29+,30+,31+,32+/m1/s1. The van der Waals surface area contributed by atoms with E-state index in [9.17, 15) is 49.7 Å².